The highest BCUT2D eigenvalue weighted by Gasteiger charge is 2.31. The number of nitrogens with two attached hydrogens (primary N) is 1. The molecular weight excluding hydrogens is 348 g/mol. The number of nitrogens with zero attached hydrogens (tertiary/aromatic N) is 1. The first-order chi connectivity index (χ1) is 8.82. The molecule has 1 unspecified atom stereocenters. The molecule has 1 heterocycles. The van der Waals surface area contributed by atoms with Crippen LogP contribution in [0.25, 0.3) is 0 Å². The van der Waals surface area contributed by atoms with Crippen LogP contribution >= 0.6 is 28.1 Å². The summed E-state index contributed by atoms with van der Waals surface area (Å²) in [7, 11) is -1.03. The summed E-state index contributed by atoms with van der Waals surface area (Å²) in [4.78, 5) is 2.26. The number of rotatable bonds is 3. The van der Waals surface area contributed by atoms with Crippen LogP contribution in [-0.2, 0) is 9.84 Å². The van der Waals surface area contributed by atoms with Gasteiger partial charge < -0.3 is 10.6 Å². The van der Waals surface area contributed by atoms with E-state index in [0.29, 0.717) is 11.4 Å². The molecule has 104 valence electrons. The first-order valence-corrected chi connectivity index (χ1v) is 8.85. The van der Waals surface area contributed by atoms with Crippen molar-refractivity contribution in [3.63, 3.8) is 0 Å². The second kappa shape index (κ2) is 5.38. The van der Waals surface area contributed by atoms with Gasteiger partial charge >= 0.3 is 0 Å². The van der Waals surface area contributed by atoms with Crippen molar-refractivity contribution < 1.29 is 8.42 Å². The lowest BCUT2D eigenvalue weighted by Gasteiger charge is -2.28. The smallest absolute Gasteiger partial charge is 0.152 e. The van der Waals surface area contributed by atoms with E-state index in [0.717, 1.165) is 15.7 Å². The summed E-state index contributed by atoms with van der Waals surface area (Å²) < 4.78 is 24.0. The Balaban J connectivity index is 2.37. The van der Waals surface area contributed by atoms with Gasteiger partial charge in [0, 0.05) is 28.8 Å². The van der Waals surface area contributed by atoms with E-state index < -0.39 is 9.84 Å². The third kappa shape index (κ3) is 3.09. The second-order valence-electron chi connectivity index (χ2n) is 4.67. The van der Waals surface area contributed by atoms with E-state index in [9.17, 15) is 8.42 Å². The van der Waals surface area contributed by atoms with Crippen molar-refractivity contribution in [2.75, 3.05) is 23.5 Å². The van der Waals surface area contributed by atoms with Gasteiger partial charge in [-0.3, -0.25) is 0 Å². The van der Waals surface area contributed by atoms with Crippen molar-refractivity contribution in [1.82, 2.24) is 0 Å². The molecule has 1 atom stereocenters. The molecular formula is C12H15BrN2O2S2. The molecule has 0 amide bonds. The Labute approximate surface area is 127 Å². The first kappa shape index (κ1) is 14.7. The fourth-order valence-electron chi connectivity index (χ4n) is 2.33. The molecule has 4 nitrogen and oxygen atoms in total. The molecule has 1 fully saturated rings. The van der Waals surface area contributed by atoms with E-state index in [-0.39, 0.29) is 17.5 Å². The van der Waals surface area contributed by atoms with Crippen molar-refractivity contribution >= 4 is 48.7 Å². The average Bonchev–Trinajstić information content (AvgIpc) is 2.68. The molecule has 2 N–H and O–H groups in total. The topological polar surface area (TPSA) is 63.4 Å². The predicted octanol–water partition coefficient (Wildman–Crippen LogP) is 1.71. The van der Waals surface area contributed by atoms with Gasteiger partial charge in [-0.1, -0.05) is 18.3 Å². The molecule has 1 aliphatic heterocycles. The molecule has 0 saturated carbocycles. The number of hydrogen-bond donors (Lipinski definition) is 1. The lowest BCUT2D eigenvalue weighted by molar-refractivity contribution is 0.601. The van der Waals surface area contributed by atoms with Gasteiger partial charge in [-0.2, -0.15) is 0 Å². The van der Waals surface area contributed by atoms with Gasteiger partial charge in [0.25, 0.3) is 0 Å². The summed E-state index contributed by atoms with van der Waals surface area (Å²) in [5, 5.41) is 0. The standard InChI is InChI=1S/C12H15BrN2O2S2/c1-15(8-5-6-19(16,17)7-8)10-4-2-3-9(13)11(10)12(14)18/h2-4,8H,5-7H2,1H3,(H2,14,18). The van der Waals surface area contributed by atoms with Gasteiger partial charge in [0.15, 0.2) is 9.84 Å². The van der Waals surface area contributed by atoms with E-state index >= 15 is 0 Å². The molecule has 19 heavy (non-hydrogen) atoms. The van der Waals surface area contributed by atoms with E-state index in [1.165, 1.54) is 0 Å². The van der Waals surface area contributed by atoms with Crippen LogP contribution < -0.4 is 10.6 Å². The Morgan fingerprint density at radius 1 is 1.53 bits per heavy atom. The molecule has 2 rings (SSSR count). The lowest BCUT2D eigenvalue weighted by atomic mass is 10.1. The van der Waals surface area contributed by atoms with Crippen molar-refractivity contribution in [2.24, 2.45) is 5.73 Å². The Morgan fingerprint density at radius 2 is 2.21 bits per heavy atom. The van der Waals surface area contributed by atoms with Gasteiger partial charge in [-0.15, -0.1) is 0 Å². The number of thiocarbonyl (C=S) groups is 1. The number of hydrogen-bond acceptors (Lipinski definition) is 4. The van der Waals surface area contributed by atoms with E-state index in [4.69, 9.17) is 18.0 Å². The minimum atomic E-state index is -2.91. The van der Waals surface area contributed by atoms with Crippen LogP contribution in [-0.4, -0.2) is 38.0 Å². The summed E-state index contributed by atoms with van der Waals surface area (Å²) in [6.45, 7) is 0. The summed E-state index contributed by atoms with van der Waals surface area (Å²) in [5.74, 6) is 0.436. The molecule has 0 radical (unpaired) electrons. The zero-order chi connectivity index (χ0) is 14.2. The number of benzene rings is 1. The summed E-state index contributed by atoms with van der Waals surface area (Å²) in [6.07, 6.45) is 0.641. The summed E-state index contributed by atoms with van der Waals surface area (Å²) in [6, 6.07) is 5.65. The maximum Gasteiger partial charge on any atom is 0.152 e. The van der Waals surface area contributed by atoms with Crippen LogP contribution in [0.3, 0.4) is 0 Å². The first-order valence-electron chi connectivity index (χ1n) is 5.83. The number of sulfone groups is 1. The van der Waals surface area contributed by atoms with Gasteiger partial charge in [0.05, 0.1) is 11.5 Å². The highest BCUT2D eigenvalue weighted by atomic mass is 79.9. The zero-order valence-corrected chi connectivity index (χ0v) is 13.7. The minimum absolute atomic E-state index is 0.0209. The summed E-state index contributed by atoms with van der Waals surface area (Å²) >= 11 is 8.51. The Morgan fingerprint density at radius 3 is 2.74 bits per heavy atom. The van der Waals surface area contributed by atoms with E-state index in [1.54, 1.807) is 0 Å². The Bertz CT molecular complexity index is 616. The quantitative estimate of drug-likeness (QED) is 0.829. The molecule has 1 aromatic carbocycles. The SMILES string of the molecule is CN(c1cccc(Br)c1C(N)=S)C1CCS(=O)(=O)C1. The molecule has 0 bridgehead atoms. The van der Waals surface area contributed by atoms with Gasteiger partial charge in [0.1, 0.15) is 4.99 Å². The Kier molecular flexibility index (Phi) is 4.17. The van der Waals surface area contributed by atoms with Crippen LogP contribution in [0.15, 0.2) is 22.7 Å². The predicted molar refractivity (Wildman–Crippen MR) is 85.5 cm³/mol. The third-order valence-electron chi connectivity index (χ3n) is 3.37. The molecule has 1 saturated heterocycles. The average molecular weight is 363 g/mol. The molecule has 7 heteroatoms. The van der Waals surface area contributed by atoms with Crippen molar-refractivity contribution in [1.29, 1.82) is 0 Å². The van der Waals surface area contributed by atoms with Crippen LogP contribution in [0.4, 0.5) is 5.69 Å². The normalized spacial score (nSPS) is 21.3. The fraction of sp³-hybridized carbons (Fsp3) is 0.417. The summed E-state index contributed by atoms with van der Waals surface area (Å²) in [5.41, 5.74) is 7.38. The monoisotopic (exact) mass is 362 g/mol. The maximum atomic E-state index is 11.6. The molecule has 1 aromatic rings. The van der Waals surface area contributed by atoms with Crippen molar-refractivity contribution in [2.45, 2.75) is 12.5 Å². The fourth-order valence-corrected chi connectivity index (χ4v) is 5.02. The van der Waals surface area contributed by atoms with Crippen molar-refractivity contribution in [3.05, 3.63) is 28.2 Å². The van der Waals surface area contributed by atoms with Crippen LogP contribution in [0.5, 0.6) is 0 Å². The van der Waals surface area contributed by atoms with Gasteiger partial charge in [-0.05, 0) is 34.5 Å². The van der Waals surface area contributed by atoms with Crippen LogP contribution in [0, 0.1) is 0 Å². The second-order valence-corrected chi connectivity index (χ2v) is 8.19. The Hall–Kier alpha value is -0.660. The molecule has 0 aromatic heterocycles. The highest BCUT2D eigenvalue weighted by Crippen LogP contribution is 2.30. The van der Waals surface area contributed by atoms with Crippen molar-refractivity contribution in [3.8, 4) is 0 Å². The molecule has 0 aliphatic carbocycles. The number of halogens is 1. The zero-order valence-electron chi connectivity index (χ0n) is 10.5. The lowest BCUT2D eigenvalue weighted by Crippen LogP contribution is -2.34. The largest absolute Gasteiger partial charge is 0.389 e. The molecule has 1 aliphatic rings. The van der Waals surface area contributed by atoms with E-state index in [1.807, 2.05) is 30.1 Å². The maximum absolute atomic E-state index is 11.6. The molecule has 0 spiro atoms. The van der Waals surface area contributed by atoms with Crippen LogP contribution in [0.2, 0.25) is 0 Å². The number of anilines is 1. The highest BCUT2D eigenvalue weighted by molar-refractivity contribution is 9.10. The van der Waals surface area contributed by atoms with E-state index in [2.05, 4.69) is 15.9 Å². The third-order valence-corrected chi connectivity index (χ3v) is 5.99. The minimum Gasteiger partial charge on any atom is -0.389 e. The van der Waals surface area contributed by atoms with Gasteiger partial charge in [0.2, 0.25) is 0 Å². The van der Waals surface area contributed by atoms with Crippen LogP contribution in [0.1, 0.15) is 12.0 Å². The van der Waals surface area contributed by atoms with Gasteiger partial charge in [-0.25, -0.2) is 8.42 Å².